The average molecular weight is 327 g/mol. The number of hydrogen-bond donors (Lipinski definition) is 3. The van der Waals surface area contributed by atoms with Crippen LogP contribution in [0.1, 0.15) is 6.92 Å². The topological polar surface area (TPSA) is 122 Å². The van der Waals surface area contributed by atoms with E-state index < -0.39 is 22.3 Å². The van der Waals surface area contributed by atoms with Crippen LogP contribution in [0.4, 0.5) is 11.4 Å². The van der Waals surface area contributed by atoms with Gasteiger partial charge in [-0.2, -0.15) is 11.8 Å². The van der Waals surface area contributed by atoms with Crippen molar-refractivity contribution in [2.45, 2.75) is 12.5 Å². The Hall–Kier alpha value is -2.13. The van der Waals surface area contributed by atoms with Crippen molar-refractivity contribution in [1.82, 2.24) is 5.32 Å². The summed E-state index contributed by atoms with van der Waals surface area (Å²) in [5.74, 6) is -1.62. The minimum Gasteiger partial charge on any atom is -0.387 e. The van der Waals surface area contributed by atoms with Crippen LogP contribution in [-0.4, -0.2) is 46.0 Å². The van der Waals surface area contributed by atoms with Gasteiger partial charge in [0.05, 0.1) is 10.5 Å². The maximum Gasteiger partial charge on any atom is 0.313 e. The first-order chi connectivity index (χ1) is 10.3. The Morgan fingerprint density at radius 1 is 1.36 bits per heavy atom. The van der Waals surface area contributed by atoms with Gasteiger partial charge < -0.3 is 15.7 Å². The number of benzene rings is 1. The molecule has 0 aliphatic carbocycles. The molecule has 0 bridgehead atoms. The minimum atomic E-state index is -1.14. The third-order valence-electron chi connectivity index (χ3n) is 2.64. The lowest BCUT2D eigenvalue weighted by molar-refractivity contribution is -0.383. The molecule has 22 heavy (non-hydrogen) atoms. The van der Waals surface area contributed by atoms with E-state index >= 15 is 0 Å². The van der Waals surface area contributed by atoms with Gasteiger partial charge in [-0.15, -0.1) is 0 Å². The molecule has 120 valence electrons. The number of nitro groups is 1. The summed E-state index contributed by atoms with van der Waals surface area (Å²) in [6, 6.07) is 5.50. The molecule has 0 spiro atoms. The Morgan fingerprint density at radius 3 is 2.59 bits per heavy atom. The predicted octanol–water partition coefficient (Wildman–Crippen LogP) is 0.763. The Morgan fingerprint density at radius 2 is 2.00 bits per heavy atom. The van der Waals surface area contributed by atoms with Gasteiger partial charge >= 0.3 is 11.8 Å². The number of thioether (sulfide) groups is 1. The molecule has 1 aromatic carbocycles. The zero-order valence-electron chi connectivity index (χ0n) is 12.2. The molecule has 0 fully saturated rings. The highest BCUT2D eigenvalue weighted by Crippen LogP contribution is 2.22. The molecular weight excluding hydrogens is 310 g/mol. The number of nitrogens with zero attached hydrogens (tertiary/aromatic N) is 1. The van der Waals surface area contributed by atoms with Crippen LogP contribution in [0, 0.1) is 10.1 Å². The molecule has 0 saturated heterocycles. The second-order valence-electron chi connectivity index (χ2n) is 4.84. The summed E-state index contributed by atoms with van der Waals surface area (Å²) < 4.78 is 0. The van der Waals surface area contributed by atoms with Crippen LogP contribution in [0.2, 0.25) is 0 Å². The first-order valence-corrected chi connectivity index (χ1v) is 7.70. The number of aliphatic hydroxyl groups is 1. The minimum absolute atomic E-state index is 0.0662. The molecular formula is C13H17N3O5S. The number of nitrogens with one attached hydrogen (secondary N) is 2. The number of anilines is 1. The monoisotopic (exact) mass is 327 g/mol. The number of hydrogen-bond acceptors (Lipinski definition) is 6. The Labute approximate surface area is 131 Å². The van der Waals surface area contributed by atoms with Crippen molar-refractivity contribution in [2.24, 2.45) is 0 Å². The van der Waals surface area contributed by atoms with Gasteiger partial charge in [0, 0.05) is 18.4 Å². The normalized spacial score (nSPS) is 13.0. The Balaban J connectivity index is 2.66. The van der Waals surface area contributed by atoms with Crippen LogP contribution in [0.15, 0.2) is 24.3 Å². The zero-order valence-corrected chi connectivity index (χ0v) is 13.0. The molecule has 0 aliphatic rings. The van der Waals surface area contributed by atoms with Crippen LogP contribution >= 0.6 is 11.8 Å². The molecule has 0 aromatic heterocycles. The van der Waals surface area contributed by atoms with E-state index in [1.54, 1.807) is 6.26 Å². The smallest absolute Gasteiger partial charge is 0.313 e. The van der Waals surface area contributed by atoms with Gasteiger partial charge in [-0.1, -0.05) is 12.1 Å². The van der Waals surface area contributed by atoms with Crippen molar-refractivity contribution < 1.29 is 19.6 Å². The molecule has 9 heteroatoms. The quantitative estimate of drug-likeness (QED) is 0.403. The van der Waals surface area contributed by atoms with E-state index in [-0.39, 0.29) is 17.9 Å². The highest BCUT2D eigenvalue weighted by molar-refractivity contribution is 7.98. The molecule has 1 unspecified atom stereocenters. The molecule has 0 saturated carbocycles. The van der Waals surface area contributed by atoms with Crippen molar-refractivity contribution in [3.63, 3.8) is 0 Å². The third-order valence-corrected chi connectivity index (χ3v) is 3.55. The number of para-hydroxylation sites is 2. The van der Waals surface area contributed by atoms with Gasteiger partial charge in [0.25, 0.3) is 5.69 Å². The molecule has 1 aromatic rings. The number of rotatable bonds is 6. The van der Waals surface area contributed by atoms with Gasteiger partial charge in [0.2, 0.25) is 0 Å². The number of carbonyl (C=O) groups is 2. The lowest BCUT2D eigenvalue weighted by Gasteiger charge is -2.22. The Kier molecular flexibility index (Phi) is 6.32. The number of nitro benzene ring substituents is 1. The van der Waals surface area contributed by atoms with Crippen LogP contribution < -0.4 is 10.6 Å². The number of carbonyl (C=O) groups excluding carboxylic acids is 2. The summed E-state index contributed by atoms with van der Waals surface area (Å²) in [5, 5.41) is 25.2. The highest BCUT2D eigenvalue weighted by Gasteiger charge is 2.24. The fraction of sp³-hybridized carbons (Fsp3) is 0.385. The van der Waals surface area contributed by atoms with Crippen molar-refractivity contribution in [3.8, 4) is 0 Å². The van der Waals surface area contributed by atoms with Crippen LogP contribution in [0.3, 0.4) is 0 Å². The van der Waals surface area contributed by atoms with Gasteiger partial charge in [-0.3, -0.25) is 19.7 Å². The van der Waals surface area contributed by atoms with Gasteiger partial charge in [0.15, 0.2) is 0 Å². The molecule has 1 rings (SSSR count). The van der Waals surface area contributed by atoms with E-state index in [0.29, 0.717) is 5.75 Å². The van der Waals surface area contributed by atoms with Crippen molar-refractivity contribution >= 4 is 35.0 Å². The lowest BCUT2D eigenvalue weighted by atomic mass is 10.1. The number of amides is 2. The van der Waals surface area contributed by atoms with E-state index in [1.807, 2.05) is 0 Å². The maximum absolute atomic E-state index is 11.7. The molecule has 8 nitrogen and oxygen atoms in total. The van der Waals surface area contributed by atoms with Gasteiger partial charge in [-0.05, 0) is 19.2 Å². The second-order valence-corrected chi connectivity index (χ2v) is 5.71. The van der Waals surface area contributed by atoms with E-state index in [9.17, 15) is 24.8 Å². The van der Waals surface area contributed by atoms with Crippen LogP contribution in [-0.2, 0) is 9.59 Å². The summed E-state index contributed by atoms with van der Waals surface area (Å²) in [7, 11) is 0. The van der Waals surface area contributed by atoms with Crippen molar-refractivity contribution in [2.75, 3.05) is 23.9 Å². The fourth-order valence-electron chi connectivity index (χ4n) is 1.63. The molecule has 0 aliphatic heterocycles. The summed E-state index contributed by atoms with van der Waals surface area (Å²) in [5.41, 5.74) is -1.52. The third kappa shape index (κ3) is 5.34. The first-order valence-electron chi connectivity index (χ1n) is 6.31. The van der Waals surface area contributed by atoms with E-state index in [1.165, 1.54) is 43.0 Å². The van der Waals surface area contributed by atoms with Crippen molar-refractivity contribution in [3.05, 3.63) is 34.4 Å². The van der Waals surface area contributed by atoms with Gasteiger partial charge in [-0.25, -0.2) is 0 Å². The largest absolute Gasteiger partial charge is 0.387 e. The molecule has 0 radical (unpaired) electrons. The van der Waals surface area contributed by atoms with E-state index in [0.717, 1.165) is 0 Å². The van der Waals surface area contributed by atoms with E-state index in [4.69, 9.17) is 0 Å². The second kappa shape index (κ2) is 7.76. The summed E-state index contributed by atoms with van der Waals surface area (Å²) in [6.07, 6.45) is 1.80. The summed E-state index contributed by atoms with van der Waals surface area (Å²) >= 11 is 1.40. The first kappa shape index (κ1) is 17.9. The standard InChI is InChI=1S/C13H17N3O5S/c1-13(19,8-22-2)7-14-11(17)12(18)15-9-5-3-4-6-10(9)16(20)21/h3-6,19H,7-8H2,1-2H3,(H,14,17)(H,15,18). The molecule has 0 heterocycles. The summed E-state index contributed by atoms with van der Waals surface area (Å²) in [4.78, 5) is 33.6. The van der Waals surface area contributed by atoms with E-state index in [2.05, 4.69) is 10.6 Å². The average Bonchev–Trinajstić information content (AvgIpc) is 2.45. The van der Waals surface area contributed by atoms with Crippen molar-refractivity contribution in [1.29, 1.82) is 0 Å². The lowest BCUT2D eigenvalue weighted by Crippen LogP contribution is -2.45. The zero-order chi connectivity index (χ0) is 16.8. The maximum atomic E-state index is 11.7. The van der Waals surface area contributed by atoms with Crippen LogP contribution in [0.5, 0.6) is 0 Å². The highest BCUT2D eigenvalue weighted by atomic mass is 32.2. The van der Waals surface area contributed by atoms with Crippen LogP contribution in [0.25, 0.3) is 0 Å². The Bertz CT molecular complexity index is 577. The fourth-order valence-corrected chi connectivity index (χ4v) is 2.35. The molecule has 3 N–H and O–H groups in total. The summed E-state index contributed by atoms with van der Waals surface area (Å²) in [6.45, 7) is 1.43. The van der Waals surface area contributed by atoms with Gasteiger partial charge in [0.1, 0.15) is 5.69 Å². The molecule has 1 atom stereocenters. The SMILES string of the molecule is CSCC(C)(O)CNC(=O)C(=O)Nc1ccccc1[N+](=O)[O-]. The molecule has 2 amide bonds. The predicted molar refractivity (Wildman–Crippen MR) is 83.7 cm³/mol.